The molecule has 258 valence electrons. The number of hydroxylamine groups is 1. The SMILES string of the molecule is NC(=NC1CCCC1)NO[C@H]1[C@H](O)[C@@H](COC(=O)CC(=O)O)O[C@@H](O)[C@@H]1OOc1ccc2c(c1)[C@H]1Oc3cc4c(cc3[C@H]1CO2)OCO4. The predicted octanol–water partition coefficient (Wildman–Crippen LogP) is 0.947. The number of esters is 1. The van der Waals surface area contributed by atoms with Crippen molar-refractivity contribution in [3.63, 3.8) is 0 Å². The van der Waals surface area contributed by atoms with Gasteiger partial charge in [-0.05, 0) is 37.1 Å². The van der Waals surface area contributed by atoms with Gasteiger partial charge in [-0.1, -0.05) is 12.8 Å². The number of aliphatic hydroxyl groups is 2. The van der Waals surface area contributed by atoms with Crippen molar-refractivity contribution >= 4 is 17.9 Å². The number of aliphatic imine (C=N–C) groups is 1. The second-order valence-electron chi connectivity index (χ2n) is 12.0. The van der Waals surface area contributed by atoms with E-state index in [-0.39, 0.29) is 30.5 Å². The summed E-state index contributed by atoms with van der Waals surface area (Å²) in [7, 11) is 0. The maximum Gasteiger partial charge on any atom is 0.317 e. The van der Waals surface area contributed by atoms with Crippen LogP contribution < -0.4 is 35.0 Å². The smallest absolute Gasteiger partial charge is 0.317 e. The van der Waals surface area contributed by atoms with Crippen LogP contribution in [0.5, 0.6) is 28.7 Å². The van der Waals surface area contributed by atoms with E-state index in [2.05, 4.69) is 10.5 Å². The second kappa shape index (κ2) is 13.5. The number of aliphatic carboxylic acids is 1. The van der Waals surface area contributed by atoms with Crippen LogP contribution in [0.4, 0.5) is 0 Å². The first kappa shape index (κ1) is 32.0. The van der Waals surface area contributed by atoms with Crippen molar-refractivity contribution in [2.45, 2.75) is 80.9 Å². The van der Waals surface area contributed by atoms with E-state index >= 15 is 0 Å². The zero-order valence-electron chi connectivity index (χ0n) is 25.5. The maximum absolute atomic E-state index is 11.8. The van der Waals surface area contributed by atoms with Gasteiger partial charge in [-0.2, -0.15) is 4.89 Å². The Morgan fingerprint density at radius 2 is 1.77 bits per heavy atom. The number of rotatable bonds is 10. The molecule has 1 saturated carbocycles. The maximum atomic E-state index is 11.8. The molecule has 17 heteroatoms. The van der Waals surface area contributed by atoms with Gasteiger partial charge in [0.15, 0.2) is 29.6 Å². The summed E-state index contributed by atoms with van der Waals surface area (Å²) in [5.41, 5.74) is 10.1. The van der Waals surface area contributed by atoms with Crippen LogP contribution in [0, 0.1) is 0 Å². The third-order valence-electron chi connectivity index (χ3n) is 8.77. The monoisotopic (exact) mass is 673 g/mol. The minimum Gasteiger partial charge on any atom is -0.492 e. The molecule has 7 atom stereocenters. The van der Waals surface area contributed by atoms with Gasteiger partial charge in [0.1, 0.15) is 48.9 Å². The molecule has 2 aromatic rings. The van der Waals surface area contributed by atoms with Crippen molar-refractivity contribution in [1.82, 2.24) is 5.48 Å². The first-order valence-electron chi connectivity index (χ1n) is 15.6. The number of hydrogen-bond acceptors (Lipinski definition) is 14. The Labute approximate surface area is 273 Å². The third-order valence-corrected chi connectivity index (χ3v) is 8.77. The van der Waals surface area contributed by atoms with Gasteiger partial charge in [-0.15, -0.1) is 0 Å². The number of guanidine groups is 1. The second-order valence-corrected chi connectivity index (χ2v) is 12.0. The van der Waals surface area contributed by atoms with Crippen molar-refractivity contribution in [2.24, 2.45) is 10.7 Å². The summed E-state index contributed by atoms with van der Waals surface area (Å²) >= 11 is 0. The van der Waals surface area contributed by atoms with Crippen molar-refractivity contribution in [1.29, 1.82) is 0 Å². The number of nitrogens with zero attached hydrogens (tertiary/aromatic N) is 1. The van der Waals surface area contributed by atoms with Gasteiger partial charge in [0.2, 0.25) is 12.8 Å². The van der Waals surface area contributed by atoms with E-state index in [0.717, 1.165) is 31.2 Å². The van der Waals surface area contributed by atoms with E-state index in [4.69, 9.17) is 53.9 Å². The molecule has 0 unspecified atom stereocenters. The van der Waals surface area contributed by atoms with E-state index in [1.165, 1.54) is 0 Å². The van der Waals surface area contributed by atoms with Crippen LogP contribution in [-0.4, -0.2) is 90.0 Å². The standard InChI is InChI=1S/C31H35N3O14/c32-31(33-14-3-1-2-4-14)34-46-28-26(38)23(12-41-25(37)10-24(35)36)45-30(39)29(28)48-47-15-5-6-19-17(7-15)27-18(11-40-19)16-8-21-22(43-13-42-21)9-20(16)44-27/h5-9,14,18,23,26-30,38-39H,1-4,10-13H2,(H,35,36)(H3,32,33,34)/t18-,23-,26-,27-,28+,29-,30-/m1/s1. The van der Waals surface area contributed by atoms with E-state index in [1.807, 2.05) is 6.07 Å². The molecular weight excluding hydrogens is 638 g/mol. The Morgan fingerprint density at radius 1 is 0.979 bits per heavy atom. The van der Waals surface area contributed by atoms with E-state index in [9.17, 15) is 19.8 Å². The molecule has 0 aromatic heterocycles. The minimum absolute atomic E-state index is 0.0230. The molecule has 0 radical (unpaired) electrons. The number of ether oxygens (including phenoxy) is 6. The van der Waals surface area contributed by atoms with Gasteiger partial charge in [0.05, 0.1) is 18.6 Å². The highest BCUT2D eigenvalue weighted by Crippen LogP contribution is 2.54. The van der Waals surface area contributed by atoms with Crippen LogP contribution in [0.15, 0.2) is 35.3 Å². The molecule has 4 heterocycles. The first-order valence-corrected chi connectivity index (χ1v) is 15.6. The van der Waals surface area contributed by atoms with Gasteiger partial charge in [-0.3, -0.25) is 14.4 Å². The molecule has 48 heavy (non-hydrogen) atoms. The summed E-state index contributed by atoms with van der Waals surface area (Å²) in [6.45, 7) is -0.0503. The van der Waals surface area contributed by atoms with E-state index in [0.29, 0.717) is 35.2 Å². The summed E-state index contributed by atoms with van der Waals surface area (Å²) in [5, 5.41) is 30.9. The van der Waals surface area contributed by atoms with Gasteiger partial charge in [0, 0.05) is 17.2 Å². The van der Waals surface area contributed by atoms with Gasteiger partial charge in [-0.25, -0.2) is 10.5 Å². The molecule has 6 N–H and O–H groups in total. The van der Waals surface area contributed by atoms with Crippen LogP contribution >= 0.6 is 0 Å². The molecule has 7 rings (SSSR count). The number of aliphatic hydroxyl groups excluding tert-OH is 2. The average molecular weight is 674 g/mol. The highest BCUT2D eigenvalue weighted by molar-refractivity contribution is 5.90. The van der Waals surface area contributed by atoms with E-state index < -0.39 is 61.8 Å². The fourth-order valence-corrected chi connectivity index (χ4v) is 6.41. The molecule has 17 nitrogen and oxygen atoms in total. The quantitative estimate of drug-likeness (QED) is 0.0590. The summed E-state index contributed by atoms with van der Waals surface area (Å²) in [6, 6.07) is 8.69. The zero-order chi connectivity index (χ0) is 33.4. The van der Waals surface area contributed by atoms with Crippen LogP contribution in [0.2, 0.25) is 0 Å². The lowest BCUT2D eigenvalue weighted by Crippen LogP contribution is -2.62. The summed E-state index contributed by atoms with van der Waals surface area (Å²) in [5.74, 6) is 0.0961. The van der Waals surface area contributed by atoms with Crippen molar-refractivity contribution in [3.05, 3.63) is 41.5 Å². The zero-order valence-corrected chi connectivity index (χ0v) is 25.5. The lowest BCUT2D eigenvalue weighted by Gasteiger charge is -2.40. The van der Waals surface area contributed by atoms with Crippen molar-refractivity contribution < 1.29 is 67.9 Å². The lowest BCUT2D eigenvalue weighted by atomic mass is 9.89. The minimum atomic E-state index is -1.76. The molecule has 1 aliphatic carbocycles. The summed E-state index contributed by atoms with van der Waals surface area (Å²) < 4.78 is 33.7. The number of carboxylic acid groups (broad SMARTS) is 1. The number of hydrogen-bond donors (Lipinski definition) is 5. The Morgan fingerprint density at radius 3 is 2.56 bits per heavy atom. The average Bonchev–Trinajstić information content (AvgIpc) is 3.82. The molecule has 0 amide bonds. The van der Waals surface area contributed by atoms with Crippen LogP contribution in [0.1, 0.15) is 55.3 Å². The number of benzene rings is 2. The van der Waals surface area contributed by atoms with Gasteiger partial charge < -0.3 is 54.4 Å². The van der Waals surface area contributed by atoms with Gasteiger partial charge in [0.25, 0.3) is 0 Å². The largest absolute Gasteiger partial charge is 0.492 e. The fraction of sp³-hybridized carbons (Fsp3) is 0.516. The van der Waals surface area contributed by atoms with Crippen molar-refractivity contribution in [3.8, 4) is 28.7 Å². The van der Waals surface area contributed by atoms with Crippen LogP contribution in [0.3, 0.4) is 0 Å². The number of nitrogens with two attached hydrogens (primary N) is 1. The molecule has 2 aromatic carbocycles. The molecule has 0 spiro atoms. The fourth-order valence-electron chi connectivity index (χ4n) is 6.41. The Kier molecular flexibility index (Phi) is 9.02. The Hall–Kier alpha value is -4.55. The first-order chi connectivity index (χ1) is 23.2. The number of fused-ring (bicyclic) bond motifs is 6. The highest BCUT2D eigenvalue weighted by Gasteiger charge is 2.49. The third kappa shape index (κ3) is 6.59. The van der Waals surface area contributed by atoms with Crippen molar-refractivity contribution in [2.75, 3.05) is 20.0 Å². The number of carbonyl (C=O) groups is 2. The molecule has 4 aliphatic heterocycles. The predicted molar refractivity (Wildman–Crippen MR) is 158 cm³/mol. The number of carbonyl (C=O) groups excluding carboxylic acids is 1. The molecule has 5 aliphatic rings. The molecule has 2 fully saturated rings. The lowest BCUT2D eigenvalue weighted by molar-refractivity contribution is -0.372. The highest BCUT2D eigenvalue weighted by atomic mass is 17.2. The van der Waals surface area contributed by atoms with E-state index in [1.54, 1.807) is 24.3 Å². The number of nitrogens with one attached hydrogen (secondary N) is 1. The molecular formula is C31H35N3O14. The topological polar surface area (TPSA) is 228 Å². The Bertz CT molecular complexity index is 1570. The molecule has 0 bridgehead atoms. The Balaban J connectivity index is 1.05. The summed E-state index contributed by atoms with van der Waals surface area (Å²) in [6.07, 6.45) is -5.01. The number of carboxylic acids is 1. The van der Waals surface area contributed by atoms with Crippen LogP contribution in [0.25, 0.3) is 0 Å². The van der Waals surface area contributed by atoms with Crippen LogP contribution in [-0.2, 0) is 28.8 Å². The summed E-state index contributed by atoms with van der Waals surface area (Å²) in [4.78, 5) is 43.9. The van der Waals surface area contributed by atoms with Gasteiger partial charge >= 0.3 is 11.9 Å². The normalized spacial score (nSPS) is 28.8. The molecule has 1 saturated heterocycles.